The molecule has 1 saturated heterocycles. The van der Waals surface area contributed by atoms with Gasteiger partial charge in [0, 0.05) is 37.9 Å². The van der Waals surface area contributed by atoms with Crippen LogP contribution < -0.4 is 20.9 Å². The van der Waals surface area contributed by atoms with E-state index in [-0.39, 0.29) is 19.2 Å². The molecule has 32 heavy (non-hydrogen) atoms. The van der Waals surface area contributed by atoms with E-state index in [1.54, 1.807) is 12.3 Å². The van der Waals surface area contributed by atoms with Gasteiger partial charge in [-0.25, -0.2) is 4.79 Å². The molecular weight excluding hydrogens is 442 g/mol. The number of alkyl halides is 6. The summed E-state index contributed by atoms with van der Waals surface area (Å²) in [6, 6.07) is 1.72. The second-order valence-corrected chi connectivity index (χ2v) is 7.10. The van der Waals surface area contributed by atoms with Crippen molar-refractivity contribution in [2.24, 2.45) is 0 Å². The first kappa shape index (κ1) is 23.4. The standard InChI is InChI=1S/C19H20F6N6O/c20-18(21,22)12-7-13(19(23,24)25)9-14(8-12)29-17(32)27-4-3-26-16-10-15(11-28-30-16)31-5-1-2-6-31/h7-11H,1-6H2,(H,26,30)(H2,27,29,32). The lowest BCUT2D eigenvalue weighted by Gasteiger charge is -2.17. The molecule has 1 fully saturated rings. The smallest absolute Gasteiger partial charge is 0.370 e. The van der Waals surface area contributed by atoms with E-state index in [9.17, 15) is 31.1 Å². The largest absolute Gasteiger partial charge is 0.416 e. The van der Waals surface area contributed by atoms with Gasteiger partial charge < -0.3 is 20.9 Å². The maximum atomic E-state index is 12.9. The molecule has 0 aliphatic carbocycles. The number of aromatic nitrogens is 2. The molecule has 174 valence electrons. The first-order valence-electron chi connectivity index (χ1n) is 9.68. The zero-order valence-electron chi connectivity index (χ0n) is 16.6. The molecule has 3 rings (SSSR count). The van der Waals surface area contributed by atoms with Crippen LogP contribution in [0.5, 0.6) is 0 Å². The highest BCUT2D eigenvalue weighted by Gasteiger charge is 2.37. The number of hydrogen-bond acceptors (Lipinski definition) is 5. The SMILES string of the molecule is O=C(NCCNc1cc(N2CCCC2)cnn1)Nc1cc(C(F)(F)F)cc(C(F)(F)F)c1. The van der Waals surface area contributed by atoms with Gasteiger partial charge in [0.05, 0.1) is 23.0 Å². The van der Waals surface area contributed by atoms with Crippen molar-refractivity contribution in [2.45, 2.75) is 25.2 Å². The van der Waals surface area contributed by atoms with Crippen LogP contribution in [0.4, 0.5) is 48.3 Å². The summed E-state index contributed by atoms with van der Waals surface area (Å²) in [4.78, 5) is 14.1. The summed E-state index contributed by atoms with van der Waals surface area (Å²) in [5, 5.41) is 15.1. The van der Waals surface area contributed by atoms with Gasteiger partial charge in [-0.05, 0) is 31.0 Å². The summed E-state index contributed by atoms with van der Waals surface area (Å²) in [5.41, 5.74) is -2.74. The predicted molar refractivity (Wildman–Crippen MR) is 105 cm³/mol. The molecular formula is C19H20F6N6O. The topological polar surface area (TPSA) is 82.2 Å². The summed E-state index contributed by atoms with van der Waals surface area (Å²) in [5.74, 6) is 0.476. The van der Waals surface area contributed by atoms with Crippen molar-refractivity contribution in [1.82, 2.24) is 15.5 Å². The van der Waals surface area contributed by atoms with E-state index in [1.807, 2.05) is 5.32 Å². The Labute approximate surface area is 179 Å². The van der Waals surface area contributed by atoms with Crippen LogP contribution in [0.1, 0.15) is 24.0 Å². The molecule has 1 aromatic carbocycles. The molecule has 0 bridgehead atoms. The van der Waals surface area contributed by atoms with E-state index in [1.165, 1.54) is 0 Å². The number of amides is 2. The molecule has 0 radical (unpaired) electrons. The maximum absolute atomic E-state index is 12.9. The van der Waals surface area contributed by atoms with Crippen molar-refractivity contribution in [3.63, 3.8) is 0 Å². The van der Waals surface area contributed by atoms with Gasteiger partial charge in [-0.2, -0.15) is 31.4 Å². The summed E-state index contributed by atoms with van der Waals surface area (Å²) < 4.78 is 77.4. The van der Waals surface area contributed by atoms with E-state index in [0.717, 1.165) is 31.6 Å². The fourth-order valence-electron chi connectivity index (χ4n) is 3.16. The third-order valence-electron chi connectivity index (χ3n) is 4.67. The maximum Gasteiger partial charge on any atom is 0.416 e. The third kappa shape index (κ3) is 6.37. The van der Waals surface area contributed by atoms with Gasteiger partial charge >= 0.3 is 18.4 Å². The van der Waals surface area contributed by atoms with Crippen molar-refractivity contribution in [3.05, 3.63) is 41.6 Å². The minimum Gasteiger partial charge on any atom is -0.370 e. The second kappa shape index (κ2) is 9.49. The minimum atomic E-state index is -5.00. The van der Waals surface area contributed by atoms with E-state index in [4.69, 9.17) is 0 Å². The number of hydrogen-bond donors (Lipinski definition) is 3. The van der Waals surface area contributed by atoms with Gasteiger partial charge in [-0.3, -0.25) is 0 Å². The van der Waals surface area contributed by atoms with Gasteiger partial charge in [0.1, 0.15) is 0 Å². The van der Waals surface area contributed by atoms with Crippen LogP contribution in [0.2, 0.25) is 0 Å². The Kier molecular flexibility index (Phi) is 6.94. The van der Waals surface area contributed by atoms with Crippen LogP contribution in [0.25, 0.3) is 0 Å². The van der Waals surface area contributed by atoms with Gasteiger partial charge in [-0.15, -0.1) is 5.10 Å². The molecule has 1 aromatic heterocycles. The Morgan fingerprint density at radius 3 is 2.16 bits per heavy atom. The van der Waals surface area contributed by atoms with E-state index in [2.05, 4.69) is 25.7 Å². The number of halogens is 6. The van der Waals surface area contributed by atoms with Crippen LogP contribution in [-0.4, -0.2) is 42.4 Å². The molecule has 7 nitrogen and oxygen atoms in total. The van der Waals surface area contributed by atoms with Crippen LogP contribution in [0, 0.1) is 0 Å². The average Bonchev–Trinajstić information content (AvgIpc) is 3.25. The Morgan fingerprint density at radius 1 is 0.938 bits per heavy atom. The summed E-state index contributed by atoms with van der Waals surface area (Å²) in [6.45, 7) is 2.10. The van der Waals surface area contributed by atoms with Gasteiger partial charge in [0.25, 0.3) is 0 Å². The molecule has 13 heteroatoms. The molecule has 0 spiro atoms. The molecule has 1 aliphatic rings. The molecule has 2 heterocycles. The Morgan fingerprint density at radius 2 is 1.56 bits per heavy atom. The molecule has 3 N–H and O–H groups in total. The normalized spacial score (nSPS) is 14.4. The fraction of sp³-hybridized carbons (Fsp3) is 0.421. The summed E-state index contributed by atoms with van der Waals surface area (Å²) in [7, 11) is 0. The van der Waals surface area contributed by atoms with E-state index < -0.39 is 35.2 Å². The number of benzene rings is 1. The summed E-state index contributed by atoms with van der Waals surface area (Å²) in [6.07, 6.45) is -6.15. The van der Waals surface area contributed by atoms with E-state index in [0.29, 0.717) is 18.0 Å². The highest BCUT2D eigenvalue weighted by molar-refractivity contribution is 5.89. The van der Waals surface area contributed by atoms with Crippen molar-refractivity contribution in [3.8, 4) is 0 Å². The Hall–Kier alpha value is -3.25. The van der Waals surface area contributed by atoms with Gasteiger partial charge in [0.15, 0.2) is 5.82 Å². The predicted octanol–water partition coefficient (Wildman–Crippen LogP) is 4.35. The zero-order chi connectivity index (χ0) is 23.4. The third-order valence-corrected chi connectivity index (χ3v) is 4.67. The van der Waals surface area contributed by atoms with Crippen molar-refractivity contribution in [2.75, 3.05) is 41.7 Å². The number of urea groups is 1. The average molecular weight is 462 g/mol. The number of nitrogens with zero attached hydrogens (tertiary/aromatic N) is 3. The fourth-order valence-corrected chi connectivity index (χ4v) is 3.16. The quantitative estimate of drug-likeness (QED) is 0.439. The summed E-state index contributed by atoms with van der Waals surface area (Å²) >= 11 is 0. The van der Waals surface area contributed by atoms with Gasteiger partial charge in [0.2, 0.25) is 0 Å². The lowest BCUT2D eigenvalue weighted by molar-refractivity contribution is -0.143. The number of anilines is 3. The molecule has 2 aromatic rings. The van der Waals surface area contributed by atoms with Crippen molar-refractivity contribution in [1.29, 1.82) is 0 Å². The lowest BCUT2D eigenvalue weighted by atomic mass is 10.1. The molecule has 2 amide bonds. The van der Waals surface area contributed by atoms with E-state index >= 15 is 0 Å². The highest BCUT2D eigenvalue weighted by atomic mass is 19.4. The monoisotopic (exact) mass is 462 g/mol. The van der Waals surface area contributed by atoms with Crippen molar-refractivity contribution >= 4 is 23.2 Å². The lowest BCUT2D eigenvalue weighted by Crippen LogP contribution is -2.33. The number of carbonyl (C=O) groups excluding carboxylic acids is 1. The molecule has 0 saturated carbocycles. The zero-order valence-corrected chi connectivity index (χ0v) is 16.6. The molecule has 0 unspecified atom stereocenters. The number of rotatable bonds is 6. The number of carbonyl (C=O) groups is 1. The second-order valence-electron chi connectivity index (χ2n) is 7.10. The van der Waals surface area contributed by atoms with Crippen LogP contribution in [0.3, 0.4) is 0 Å². The van der Waals surface area contributed by atoms with Gasteiger partial charge in [-0.1, -0.05) is 0 Å². The van der Waals surface area contributed by atoms with Crippen LogP contribution in [0.15, 0.2) is 30.5 Å². The van der Waals surface area contributed by atoms with Crippen molar-refractivity contribution < 1.29 is 31.1 Å². The first-order chi connectivity index (χ1) is 15.0. The highest BCUT2D eigenvalue weighted by Crippen LogP contribution is 2.37. The Balaban J connectivity index is 1.53. The minimum absolute atomic E-state index is 0.00962. The van der Waals surface area contributed by atoms with Crippen LogP contribution in [-0.2, 0) is 12.4 Å². The number of nitrogens with one attached hydrogen (secondary N) is 3. The Bertz CT molecular complexity index is 910. The molecule has 1 aliphatic heterocycles. The van der Waals surface area contributed by atoms with Crippen LogP contribution >= 0.6 is 0 Å². The first-order valence-corrected chi connectivity index (χ1v) is 9.68. The molecule has 0 atom stereocenters.